The molecule has 0 spiro atoms. The van der Waals surface area contributed by atoms with Crippen LogP contribution in [0.5, 0.6) is 5.75 Å². The number of benzene rings is 2. The van der Waals surface area contributed by atoms with Crippen LogP contribution >= 0.6 is 11.3 Å². The van der Waals surface area contributed by atoms with Crippen molar-refractivity contribution in [1.29, 1.82) is 0 Å². The Labute approximate surface area is 422 Å². The summed E-state index contributed by atoms with van der Waals surface area (Å²) in [6.07, 6.45) is 8.37. The largest absolute Gasteiger partial charge is 0.507 e. The number of para-hydroxylation sites is 1. The van der Waals surface area contributed by atoms with Gasteiger partial charge in [0.1, 0.15) is 17.7 Å². The van der Waals surface area contributed by atoms with Crippen molar-refractivity contribution in [2.75, 3.05) is 49.1 Å². The van der Waals surface area contributed by atoms with E-state index in [4.69, 9.17) is 14.5 Å². The van der Waals surface area contributed by atoms with Gasteiger partial charge >= 0.3 is 0 Å². The van der Waals surface area contributed by atoms with Gasteiger partial charge in [-0.05, 0) is 99.3 Å². The van der Waals surface area contributed by atoms with Crippen LogP contribution in [0.4, 0.5) is 11.8 Å². The highest BCUT2D eigenvalue weighted by Crippen LogP contribution is 2.40. The maximum atomic E-state index is 14.3. The summed E-state index contributed by atoms with van der Waals surface area (Å²) in [6.45, 7) is 13.0. The Bertz CT molecular complexity index is 3050. The minimum atomic E-state index is -0.797. The zero-order valence-corrected chi connectivity index (χ0v) is 42.1. The number of piperidine rings is 2. The molecule has 4 N–H and O–H groups in total. The lowest BCUT2D eigenvalue weighted by Gasteiger charge is -2.41. The van der Waals surface area contributed by atoms with Crippen molar-refractivity contribution in [1.82, 2.24) is 50.4 Å². The third kappa shape index (κ3) is 9.31. The van der Waals surface area contributed by atoms with Crippen LogP contribution in [-0.2, 0) is 22.6 Å². The highest BCUT2D eigenvalue weighted by atomic mass is 32.1. The lowest BCUT2D eigenvalue weighted by atomic mass is 9.89. The number of aryl methyl sites for hydroxylation is 1. The molecule has 7 aromatic rings. The number of thiazole rings is 1. The second kappa shape index (κ2) is 20.0. The lowest BCUT2D eigenvalue weighted by molar-refractivity contribution is -0.141. The number of anilines is 2. The first kappa shape index (κ1) is 47.6. The monoisotopic (exact) mass is 990 g/mol. The molecule has 4 aliphatic rings. The quantitative estimate of drug-likeness (QED) is 0.0935. The highest BCUT2D eigenvalue weighted by molar-refractivity contribution is 7.13. The number of aromatic hydroxyl groups is 1. The number of H-pyrrole nitrogens is 1. The van der Waals surface area contributed by atoms with E-state index in [1.54, 1.807) is 23.5 Å². The standard InChI is InChI=1S/C54H62N12O5S/c1-31(2)48(53(70)66-29-39(67)23-44(66)52(69)55-26-34-9-11-36(12-10-34)50-32(3)58-30-72-50)46-25-47(62-71-46)64-20-15-38(16-21-64)63-18-13-35(14-19-63)37-27-56-54(57-28-37)65-22-17-42-49(33(65)4)41-24-43(60-61-51(41)59-42)40-7-5-6-8-45(40)68/h5-12,24-25,27-28,30-31,33,35,38-39,44,48,67-68H,13-23,26,29H2,1-4H3,(H,55,69)(H,59,61)/t33-,39-,44+,48-/m1/s1. The molecular weight excluding hydrogens is 929 g/mol. The first-order chi connectivity index (χ1) is 35.0. The number of aromatic nitrogens is 7. The maximum Gasteiger partial charge on any atom is 0.243 e. The Morgan fingerprint density at radius 2 is 1.71 bits per heavy atom. The van der Waals surface area contributed by atoms with Crippen molar-refractivity contribution >= 4 is 46.0 Å². The van der Waals surface area contributed by atoms with E-state index in [1.807, 2.05) is 87.2 Å². The summed E-state index contributed by atoms with van der Waals surface area (Å²) in [5.41, 5.74) is 10.4. The van der Waals surface area contributed by atoms with Crippen molar-refractivity contribution in [3.63, 3.8) is 0 Å². The summed E-state index contributed by atoms with van der Waals surface area (Å²) in [4.78, 5) is 55.5. The summed E-state index contributed by atoms with van der Waals surface area (Å²) in [7, 11) is 0. The predicted octanol–water partition coefficient (Wildman–Crippen LogP) is 7.53. The Morgan fingerprint density at radius 1 is 0.944 bits per heavy atom. The number of carbonyl (C=O) groups excluding carboxylic acids is 2. The SMILES string of the molecule is Cc1ncsc1-c1ccc(CNC(=O)[C@@H]2C[C@@H](O)CN2C(=O)[C@@H](c2cc(N3CCC(N4CCC(c5cnc(N6CCc7[nH]c8nnc(-c9ccccc9O)cc8c7[C@H]6C)nc5)CC4)CC3)no2)C(C)C)cc1. The molecule has 4 atom stereocenters. The van der Waals surface area contributed by atoms with Gasteiger partial charge in [-0.25, -0.2) is 15.0 Å². The molecule has 3 saturated heterocycles. The third-order valence-electron chi connectivity index (χ3n) is 15.6. The molecule has 18 heteroatoms. The number of rotatable bonds is 12. The average molecular weight is 991 g/mol. The number of hydrogen-bond donors (Lipinski definition) is 4. The number of carbonyl (C=O) groups is 2. The summed E-state index contributed by atoms with van der Waals surface area (Å²) >= 11 is 1.60. The number of phenolic OH excluding ortho intramolecular Hbond substituents is 1. The first-order valence-electron chi connectivity index (χ1n) is 25.4. The zero-order chi connectivity index (χ0) is 49.6. The first-order valence-corrected chi connectivity index (χ1v) is 26.3. The molecule has 374 valence electrons. The molecule has 0 unspecified atom stereocenters. The number of nitrogens with one attached hydrogen (secondary N) is 2. The molecule has 5 aromatic heterocycles. The van der Waals surface area contributed by atoms with Crippen LogP contribution in [0, 0.1) is 12.8 Å². The summed E-state index contributed by atoms with van der Waals surface area (Å²) in [5, 5.41) is 38.6. The average Bonchev–Trinajstić information content (AvgIpc) is 4.23. The van der Waals surface area contributed by atoms with Gasteiger partial charge in [0, 0.05) is 92.3 Å². The van der Waals surface area contributed by atoms with Gasteiger partial charge in [-0.1, -0.05) is 55.4 Å². The number of aromatic amines is 1. The molecule has 4 aliphatic heterocycles. The molecule has 72 heavy (non-hydrogen) atoms. The number of amides is 2. The van der Waals surface area contributed by atoms with Crippen LogP contribution in [0.25, 0.3) is 32.7 Å². The van der Waals surface area contributed by atoms with E-state index in [0.717, 1.165) is 115 Å². The summed E-state index contributed by atoms with van der Waals surface area (Å²) < 4.78 is 5.94. The second-order valence-corrected chi connectivity index (χ2v) is 21.2. The Kier molecular flexibility index (Phi) is 13.2. The number of fused-ring (bicyclic) bond motifs is 3. The van der Waals surface area contributed by atoms with Gasteiger partial charge in [0.2, 0.25) is 17.8 Å². The smallest absolute Gasteiger partial charge is 0.243 e. The van der Waals surface area contributed by atoms with Gasteiger partial charge in [-0.3, -0.25) is 9.59 Å². The number of hydrogen-bond acceptors (Lipinski definition) is 15. The molecule has 3 fully saturated rings. The van der Waals surface area contributed by atoms with Crippen molar-refractivity contribution < 1.29 is 24.3 Å². The van der Waals surface area contributed by atoms with Crippen molar-refractivity contribution in [3.05, 3.63) is 112 Å². The van der Waals surface area contributed by atoms with Crippen LogP contribution in [0.1, 0.15) is 105 Å². The number of β-amino-alcohol motifs (C(OH)–C–C–N with tert-alkyl or cyclic N) is 1. The van der Waals surface area contributed by atoms with Crippen LogP contribution in [-0.4, -0.2) is 125 Å². The minimum Gasteiger partial charge on any atom is -0.507 e. The van der Waals surface area contributed by atoms with E-state index in [1.165, 1.54) is 16.0 Å². The van der Waals surface area contributed by atoms with E-state index in [9.17, 15) is 19.8 Å². The minimum absolute atomic E-state index is 0.0167. The van der Waals surface area contributed by atoms with Crippen LogP contribution in [0.2, 0.25) is 0 Å². The van der Waals surface area contributed by atoms with E-state index in [2.05, 4.69) is 52.3 Å². The molecule has 11 rings (SSSR count). The fraction of sp³-hybridized carbons (Fsp3) is 0.444. The normalized spacial score (nSPS) is 20.6. The van der Waals surface area contributed by atoms with Crippen molar-refractivity contribution in [2.24, 2.45) is 5.92 Å². The van der Waals surface area contributed by atoms with Crippen LogP contribution < -0.4 is 15.1 Å². The summed E-state index contributed by atoms with van der Waals surface area (Å²) in [6, 6.07) is 18.9. The number of nitrogens with zero attached hydrogens (tertiary/aromatic N) is 10. The van der Waals surface area contributed by atoms with Gasteiger partial charge in [-0.2, -0.15) is 0 Å². The summed E-state index contributed by atoms with van der Waals surface area (Å²) in [5.74, 6) is 1.20. The maximum absolute atomic E-state index is 14.3. The molecule has 2 aromatic carbocycles. The predicted molar refractivity (Wildman–Crippen MR) is 276 cm³/mol. The van der Waals surface area contributed by atoms with Gasteiger partial charge in [0.05, 0.1) is 33.9 Å². The molecule has 17 nitrogen and oxygen atoms in total. The Balaban J connectivity index is 0.665. The fourth-order valence-electron chi connectivity index (χ4n) is 11.6. The van der Waals surface area contributed by atoms with Gasteiger partial charge in [-0.15, -0.1) is 21.5 Å². The molecule has 0 radical (unpaired) electrons. The number of phenols is 1. The fourth-order valence-corrected chi connectivity index (χ4v) is 12.4. The van der Waals surface area contributed by atoms with Gasteiger partial charge in [0.15, 0.2) is 17.2 Å². The van der Waals surface area contributed by atoms with E-state index in [-0.39, 0.29) is 42.5 Å². The molecule has 9 heterocycles. The van der Waals surface area contributed by atoms with Gasteiger partial charge < -0.3 is 44.6 Å². The molecule has 0 saturated carbocycles. The Morgan fingerprint density at radius 3 is 2.43 bits per heavy atom. The van der Waals surface area contributed by atoms with Crippen molar-refractivity contribution in [3.8, 4) is 27.4 Å². The second-order valence-electron chi connectivity index (χ2n) is 20.4. The molecule has 0 aliphatic carbocycles. The topological polar surface area (TPSA) is 206 Å². The highest BCUT2D eigenvalue weighted by Gasteiger charge is 2.43. The molecular formula is C54H62N12O5S. The Hall–Kier alpha value is -6.76. The van der Waals surface area contributed by atoms with Crippen molar-refractivity contribution in [2.45, 2.75) is 109 Å². The van der Waals surface area contributed by atoms with Crippen LogP contribution in [0.15, 0.2) is 83.1 Å². The lowest BCUT2D eigenvalue weighted by Crippen LogP contribution is -2.48. The van der Waals surface area contributed by atoms with E-state index < -0.39 is 18.1 Å². The van der Waals surface area contributed by atoms with Gasteiger partial charge in [0.25, 0.3) is 0 Å². The number of aliphatic hydroxyl groups is 1. The van der Waals surface area contributed by atoms with Crippen LogP contribution in [0.3, 0.4) is 0 Å². The zero-order valence-electron chi connectivity index (χ0n) is 41.2. The van der Waals surface area contributed by atoms with E-state index in [0.29, 0.717) is 35.5 Å². The third-order valence-corrected chi connectivity index (χ3v) is 16.6. The molecule has 2 amide bonds. The van der Waals surface area contributed by atoms with E-state index >= 15 is 0 Å². The number of aliphatic hydroxyl groups excluding tert-OH is 1. The molecule has 0 bridgehead atoms. The number of likely N-dealkylation sites (tertiary alicyclic amines) is 2.